The molecule has 0 atom stereocenters. The van der Waals surface area contributed by atoms with Crippen molar-refractivity contribution in [1.29, 1.82) is 0 Å². The monoisotopic (exact) mass is 400 g/mol. The summed E-state index contributed by atoms with van der Waals surface area (Å²) in [4.78, 5) is 34.3. The first kappa shape index (κ1) is 18.2. The standard InChI is InChI=1S/C17H20N8O2S/c1-10-7-12(27-2)19-8-11(10)21-17(26)25-5-3-24(4-6-25)14-13-15(28-9-20-13)23-16(18)22-14/h7-9H,3-6H2,1-2H3,(H,21,26)(H2,18,22,23). The number of urea groups is 1. The highest BCUT2D eigenvalue weighted by atomic mass is 32.1. The SMILES string of the molecule is COc1cc(C)c(NC(=O)N2CCN(c3nc(N)nc4scnc34)CC2)cn1. The number of anilines is 3. The largest absolute Gasteiger partial charge is 0.481 e. The Kier molecular flexibility index (Phi) is 4.82. The number of carbonyl (C=O) groups excluding carboxylic acids is 1. The van der Waals surface area contributed by atoms with Crippen molar-refractivity contribution < 1.29 is 9.53 Å². The lowest BCUT2D eigenvalue weighted by atomic mass is 10.2. The lowest BCUT2D eigenvalue weighted by Crippen LogP contribution is -2.50. The zero-order valence-electron chi connectivity index (χ0n) is 15.5. The molecule has 1 aliphatic heterocycles. The van der Waals surface area contributed by atoms with E-state index in [1.807, 2.05) is 6.92 Å². The average molecular weight is 400 g/mol. The van der Waals surface area contributed by atoms with Gasteiger partial charge in [-0.15, -0.1) is 11.3 Å². The Morgan fingerprint density at radius 2 is 2.04 bits per heavy atom. The molecule has 10 nitrogen and oxygen atoms in total. The normalized spacial score (nSPS) is 14.4. The Morgan fingerprint density at radius 3 is 2.75 bits per heavy atom. The number of nitrogens with one attached hydrogen (secondary N) is 1. The smallest absolute Gasteiger partial charge is 0.322 e. The summed E-state index contributed by atoms with van der Waals surface area (Å²) < 4.78 is 5.09. The first-order valence-electron chi connectivity index (χ1n) is 8.73. The van der Waals surface area contributed by atoms with Crippen molar-refractivity contribution in [2.45, 2.75) is 6.92 Å². The molecule has 0 aliphatic carbocycles. The fourth-order valence-electron chi connectivity index (χ4n) is 3.07. The van der Waals surface area contributed by atoms with Gasteiger partial charge in [0.15, 0.2) is 10.6 Å². The van der Waals surface area contributed by atoms with Crippen molar-refractivity contribution >= 4 is 45.2 Å². The summed E-state index contributed by atoms with van der Waals surface area (Å²) in [5.41, 5.74) is 9.87. The average Bonchev–Trinajstić information content (AvgIpc) is 3.17. The van der Waals surface area contributed by atoms with E-state index in [1.165, 1.54) is 11.3 Å². The molecule has 1 fully saturated rings. The van der Waals surface area contributed by atoms with Gasteiger partial charge < -0.3 is 25.6 Å². The quantitative estimate of drug-likeness (QED) is 0.682. The molecule has 3 aromatic rings. The number of amides is 2. The highest BCUT2D eigenvalue weighted by Gasteiger charge is 2.24. The molecule has 0 unspecified atom stereocenters. The van der Waals surface area contributed by atoms with Crippen molar-refractivity contribution in [2.24, 2.45) is 0 Å². The Balaban J connectivity index is 1.42. The van der Waals surface area contributed by atoms with Crippen molar-refractivity contribution in [3.05, 3.63) is 23.3 Å². The molecule has 0 spiro atoms. The molecule has 0 saturated carbocycles. The highest BCUT2D eigenvalue weighted by molar-refractivity contribution is 7.16. The third-order valence-electron chi connectivity index (χ3n) is 4.60. The molecular formula is C17H20N8O2S. The summed E-state index contributed by atoms with van der Waals surface area (Å²) in [5, 5.41) is 2.91. The van der Waals surface area contributed by atoms with Crippen LogP contribution < -0.4 is 20.7 Å². The van der Waals surface area contributed by atoms with Gasteiger partial charge in [0.1, 0.15) is 5.52 Å². The summed E-state index contributed by atoms with van der Waals surface area (Å²) in [5.74, 6) is 1.47. The summed E-state index contributed by atoms with van der Waals surface area (Å²) in [6.07, 6.45) is 1.60. The van der Waals surface area contributed by atoms with E-state index in [0.29, 0.717) is 37.7 Å². The molecule has 1 saturated heterocycles. The molecule has 2 amide bonds. The fraction of sp³-hybridized carbons (Fsp3) is 0.353. The van der Waals surface area contributed by atoms with Crippen LogP contribution in [0.1, 0.15) is 5.56 Å². The van der Waals surface area contributed by atoms with Gasteiger partial charge in [-0.1, -0.05) is 0 Å². The van der Waals surface area contributed by atoms with Crippen LogP contribution in [0.25, 0.3) is 10.3 Å². The van der Waals surface area contributed by atoms with E-state index in [4.69, 9.17) is 10.5 Å². The molecule has 1 aliphatic rings. The predicted molar refractivity (Wildman–Crippen MR) is 108 cm³/mol. The predicted octanol–water partition coefficient (Wildman–Crippen LogP) is 1.73. The molecule has 0 bridgehead atoms. The fourth-order valence-corrected chi connectivity index (χ4v) is 3.73. The number of nitrogen functional groups attached to an aromatic ring is 1. The van der Waals surface area contributed by atoms with Gasteiger partial charge in [-0.05, 0) is 12.5 Å². The molecule has 146 valence electrons. The second kappa shape index (κ2) is 7.43. The van der Waals surface area contributed by atoms with Gasteiger partial charge >= 0.3 is 6.03 Å². The summed E-state index contributed by atoms with van der Waals surface area (Å²) >= 11 is 1.43. The molecule has 0 aromatic carbocycles. The minimum Gasteiger partial charge on any atom is -0.481 e. The van der Waals surface area contributed by atoms with E-state index in [9.17, 15) is 4.79 Å². The van der Waals surface area contributed by atoms with Crippen LogP contribution in [0.3, 0.4) is 0 Å². The van der Waals surface area contributed by atoms with Gasteiger partial charge in [-0.2, -0.15) is 4.98 Å². The van der Waals surface area contributed by atoms with E-state index >= 15 is 0 Å². The van der Waals surface area contributed by atoms with Gasteiger partial charge in [0.25, 0.3) is 0 Å². The summed E-state index contributed by atoms with van der Waals surface area (Å²) in [6.45, 7) is 4.29. The number of aryl methyl sites for hydroxylation is 1. The number of hydrogen-bond acceptors (Lipinski definition) is 9. The van der Waals surface area contributed by atoms with Gasteiger partial charge in [-0.3, -0.25) is 0 Å². The lowest BCUT2D eigenvalue weighted by Gasteiger charge is -2.35. The Hall–Kier alpha value is -3.21. The first-order valence-corrected chi connectivity index (χ1v) is 9.61. The number of carbonyl (C=O) groups is 1. The molecule has 3 aromatic heterocycles. The number of ether oxygens (including phenoxy) is 1. The number of methoxy groups -OCH3 is 1. The number of piperazine rings is 1. The minimum absolute atomic E-state index is 0.157. The second-order valence-corrected chi connectivity index (χ2v) is 7.19. The Bertz CT molecular complexity index is 1020. The van der Waals surface area contributed by atoms with E-state index < -0.39 is 0 Å². The van der Waals surface area contributed by atoms with Crippen LogP contribution in [-0.4, -0.2) is 64.2 Å². The third kappa shape index (κ3) is 3.48. The van der Waals surface area contributed by atoms with Crippen LogP contribution >= 0.6 is 11.3 Å². The maximum Gasteiger partial charge on any atom is 0.322 e. The Labute approximate surface area is 165 Å². The maximum atomic E-state index is 12.6. The molecule has 4 rings (SSSR count). The van der Waals surface area contributed by atoms with Crippen LogP contribution in [0.15, 0.2) is 17.8 Å². The minimum atomic E-state index is -0.157. The highest BCUT2D eigenvalue weighted by Crippen LogP contribution is 2.27. The van der Waals surface area contributed by atoms with Crippen LogP contribution in [0, 0.1) is 6.92 Å². The van der Waals surface area contributed by atoms with Crippen LogP contribution in [0.4, 0.5) is 22.2 Å². The molecular weight excluding hydrogens is 380 g/mol. The zero-order chi connectivity index (χ0) is 19.7. The van der Waals surface area contributed by atoms with Gasteiger partial charge in [0.05, 0.1) is 24.5 Å². The number of pyridine rings is 1. The number of rotatable bonds is 3. The van der Waals surface area contributed by atoms with E-state index in [-0.39, 0.29) is 12.0 Å². The van der Waals surface area contributed by atoms with Crippen molar-refractivity contribution in [2.75, 3.05) is 49.2 Å². The first-order chi connectivity index (χ1) is 13.5. The zero-order valence-corrected chi connectivity index (χ0v) is 16.4. The van der Waals surface area contributed by atoms with Crippen LogP contribution in [0.2, 0.25) is 0 Å². The van der Waals surface area contributed by atoms with Crippen molar-refractivity contribution in [3.63, 3.8) is 0 Å². The topological polar surface area (TPSA) is 122 Å². The molecule has 28 heavy (non-hydrogen) atoms. The van der Waals surface area contributed by atoms with E-state index in [1.54, 1.807) is 29.8 Å². The van der Waals surface area contributed by atoms with Gasteiger partial charge in [0.2, 0.25) is 11.8 Å². The Morgan fingerprint density at radius 1 is 1.25 bits per heavy atom. The maximum absolute atomic E-state index is 12.6. The van der Waals surface area contributed by atoms with Crippen LogP contribution in [0.5, 0.6) is 5.88 Å². The van der Waals surface area contributed by atoms with Gasteiger partial charge in [0, 0.05) is 32.2 Å². The molecule has 0 radical (unpaired) electrons. The van der Waals surface area contributed by atoms with Gasteiger partial charge in [-0.25, -0.2) is 19.7 Å². The van der Waals surface area contributed by atoms with E-state index in [2.05, 4.69) is 30.2 Å². The van der Waals surface area contributed by atoms with Crippen molar-refractivity contribution in [1.82, 2.24) is 24.8 Å². The lowest BCUT2D eigenvalue weighted by molar-refractivity contribution is 0.208. The van der Waals surface area contributed by atoms with Crippen molar-refractivity contribution in [3.8, 4) is 5.88 Å². The number of hydrogen-bond donors (Lipinski definition) is 2. The number of thiazole rings is 1. The third-order valence-corrected chi connectivity index (χ3v) is 5.32. The summed E-state index contributed by atoms with van der Waals surface area (Å²) in [6, 6.07) is 1.63. The number of fused-ring (bicyclic) bond motifs is 1. The second-order valence-electron chi connectivity index (χ2n) is 6.36. The number of aromatic nitrogens is 4. The van der Waals surface area contributed by atoms with Crippen LogP contribution in [-0.2, 0) is 0 Å². The molecule has 4 heterocycles. The number of nitrogens with two attached hydrogens (primary N) is 1. The summed E-state index contributed by atoms with van der Waals surface area (Å²) in [7, 11) is 1.56. The number of nitrogens with zero attached hydrogens (tertiary/aromatic N) is 6. The van der Waals surface area contributed by atoms with E-state index in [0.717, 1.165) is 21.7 Å². The molecule has 3 N–H and O–H groups in total. The molecule has 11 heteroatoms.